The van der Waals surface area contributed by atoms with Gasteiger partial charge in [0.15, 0.2) is 0 Å². The van der Waals surface area contributed by atoms with Gasteiger partial charge in [-0.2, -0.15) is 0 Å². The van der Waals surface area contributed by atoms with E-state index in [0.29, 0.717) is 0 Å². The van der Waals surface area contributed by atoms with E-state index in [4.69, 9.17) is 0 Å². The largest absolute Gasteiger partial charge is 0.0654 e. The van der Waals surface area contributed by atoms with Crippen molar-refractivity contribution in [1.82, 2.24) is 0 Å². The summed E-state index contributed by atoms with van der Waals surface area (Å²) in [4.78, 5) is 0. The molecule has 1 rings (SSSR count). The van der Waals surface area contributed by atoms with E-state index in [-0.39, 0.29) is 0 Å². The van der Waals surface area contributed by atoms with Crippen LogP contribution in [0, 0.1) is 18.8 Å². The minimum atomic E-state index is 0.740. The summed E-state index contributed by atoms with van der Waals surface area (Å²) in [6, 6.07) is 0. The molecule has 0 heteroatoms. The molecule has 1 aliphatic rings. The van der Waals surface area contributed by atoms with E-state index in [0.717, 1.165) is 11.8 Å². The Morgan fingerprint density at radius 2 is 1.69 bits per heavy atom. The molecule has 0 aromatic rings. The van der Waals surface area contributed by atoms with Crippen LogP contribution in [-0.2, 0) is 0 Å². The molecule has 16 heavy (non-hydrogen) atoms. The first-order valence-corrected chi connectivity index (χ1v) is 7.66. The minimum absolute atomic E-state index is 0.740. The predicted molar refractivity (Wildman–Crippen MR) is 73.4 cm³/mol. The molecule has 0 spiro atoms. The quantitative estimate of drug-likeness (QED) is 0.458. The lowest BCUT2D eigenvalue weighted by atomic mass is 9.82. The van der Waals surface area contributed by atoms with Gasteiger partial charge >= 0.3 is 0 Å². The van der Waals surface area contributed by atoms with Crippen molar-refractivity contribution >= 4 is 0 Å². The zero-order valence-corrected chi connectivity index (χ0v) is 11.3. The highest BCUT2D eigenvalue weighted by molar-refractivity contribution is 4.71. The smallest absolute Gasteiger partial charge is 0.0412 e. The van der Waals surface area contributed by atoms with E-state index in [1.165, 1.54) is 77.0 Å². The lowest BCUT2D eigenvalue weighted by Gasteiger charge is -2.24. The molecular weight excluding hydrogens is 192 g/mol. The average molecular weight is 223 g/mol. The molecule has 1 radical (unpaired) electrons. The number of hydrogen-bond acceptors (Lipinski definition) is 0. The topological polar surface area (TPSA) is 0 Å². The fraction of sp³-hybridized carbons (Fsp3) is 0.938. The summed E-state index contributed by atoms with van der Waals surface area (Å²) in [7, 11) is 0. The molecule has 1 atom stereocenters. The van der Waals surface area contributed by atoms with Gasteiger partial charge in [-0.15, -0.1) is 0 Å². The summed E-state index contributed by atoms with van der Waals surface area (Å²) >= 11 is 0. The normalized spacial score (nSPS) is 19.9. The zero-order valence-electron chi connectivity index (χ0n) is 11.3. The van der Waals surface area contributed by atoms with Crippen molar-refractivity contribution in [2.24, 2.45) is 11.8 Å². The molecule has 1 aliphatic carbocycles. The lowest BCUT2D eigenvalue weighted by molar-refractivity contribution is 0.298. The van der Waals surface area contributed by atoms with Crippen molar-refractivity contribution in [2.45, 2.75) is 84.0 Å². The molecule has 0 aliphatic heterocycles. The van der Waals surface area contributed by atoms with Crippen molar-refractivity contribution in [3.8, 4) is 0 Å². The van der Waals surface area contributed by atoms with Gasteiger partial charge in [0.25, 0.3) is 0 Å². The molecule has 0 heterocycles. The summed E-state index contributed by atoms with van der Waals surface area (Å²) in [5.74, 6) is 1.76. The zero-order chi connectivity index (χ0) is 11.6. The lowest BCUT2D eigenvalue weighted by Crippen LogP contribution is -2.10. The van der Waals surface area contributed by atoms with Crippen molar-refractivity contribution in [2.75, 3.05) is 0 Å². The van der Waals surface area contributed by atoms with Crippen LogP contribution < -0.4 is 0 Å². The van der Waals surface area contributed by atoms with Gasteiger partial charge < -0.3 is 0 Å². The van der Waals surface area contributed by atoms with Gasteiger partial charge in [0, 0.05) is 0 Å². The molecule has 0 N–H and O–H groups in total. The Bertz CT molecular complexity index is 144. The van der Waals surface area contributed by atoms with Crippen LogP contribution in [0.5, 0.6) is 0 Å². The predicted octanol–water partition coefficient (Wildman–Crippen LogP) is 5.77. The van der Waals surface area contributed by atoms with Crippen molar-refractivity contribution < 1.29 is 0 Å². The molecule has 0 aromatic heterocycles. The van der Waals surface area contributed by atoms with E-state index in [1.807, 2.05) is 0 Å². The van der Waals surface area contributed by atoms with Crippen molar-refractivity contribution in [3.63, 3.8) is 0 Å². The van der Waals surface area contributed by atoms with Gasteiger partial charge in [-0.05, 0) is 18.3 Å². The van der Waals surface area contributed by atoms with E-state index in [1.54, 1.807) is 0 Å². The first-order chi connectivity index (χ1) is 7.83. The summed E-state index contributed by atoms with van der Waals surface area (Å²) in [5, 5.41) is 0. The van der Waals surface area contributed by atoms with Crippen LogP contribution in [0.1, 0.15) is 84.0 Å². The summed E-state index contributed by atoms with van der Waals surface area (Å²) in [6.07, 6.45) is 17.3. The second kappa shape index (κ2) is 9.07. The highest BCUT2D eigenvalue weighted by Crippen LogP contribution is 2.30. The molecule has 0 nitrogen and oxygen atoms in total. The standard InChI is InChI=1S/C16H31/c1-3-4-5-6-8-11-15(2)14-16-12-9-7-10-13-16/h15-16H,2-14H2,1H3. The minimum Gasteiger partial charge on any atom is -0.0654 e. The molecule has 0 bridgehead atoms. The Morgan fingerprint density at radius 1 is 1.00 bits per heavy atom. The van der Waals surface area contributed by atoms with E-state index < -0.39 is 0 Å². The number of rotatable bonds is 8. The number of unbranched alkanes of at least 4 members (excludes halogenated alkanes) is 4. The van der Waals surface area contributed by atoms with Crippen molar-refractivity contribution in [1.29, 1.82) is 0 Å². The SMILES string of the molecule is [CH2]C(CCCCCCC)CC1CCCCC1. The Kier molecular flexibility index (Phi) is 7.98. The fourth-order valence-corrected chi connectivity index (χ4v) is 3.05. The van der Waals surface area contributed by atoms with Crippen LogP contribution in [0.3, 0.4) is 0 Å². The van der Waals surface area contributed by atoms with Crippen LogP contribution in [0.15, 0.2) is 0 Å². The second-order valence-corrected chi connectivity index (χ2v) is 5.81. The van der Waals surface area contributed by atoms with E-state index in [9.17, 15) is 0 Å². The highest BCUT2D eigenvalue weighted by Gasteiger charge is 2.16. The number of hydrogen-bond donors (Lipinski definition) is 0. The van der Waals surface area contributed by atoms with Gasteiger partial charge in [-0.1, -0.05) is 84.5 Å². The van der Waals surface area contributed by atoms with E-state index >= 15 is 0 Å². The third-order valence-electron chi connectivity index (χ3n) is 4.11. The molecule has 0 amide bonds. The van der Waals surface area contributed by atoms with E-state index in [2.05, 4.69) is 13.8 Å². The highest BCUT2D eigenvalue weighted by atomic mass is 14.2. The van der Waals surface area contributed by atoms with Crippen LogP contribution in [0.4, 0.5) is 0 Å². The molecule has 0 aromatic carbocycles. The molecule has 1 unspecified atom stereocenters. The van der Waals surface area contributed by atoms with Gasteiger partial charge in [0.05, 0.1) is 0 Å². The Labute approximate surface area is 103 Å². The van der Waals surface area contributed by atoms with Crippen LogP contribution >= 0.6 is 0 Å². The molecule has 1 saturated carbocycles. The maximum Gasteiger partial charge on any atom is -0.0412 e. The third kappa shape index (κ3) is 6.55. The maximum atomic E-state index is 4.35. The van der Waals surface area contributed by atoms with Crippen molar-refractivity contribution in [3.05, 3.63) is 6.92 Å². The van der Waals surface area contributed by atoms with Gasteiger partial charge in [-0.25, -0.2) is 0 Å². The first-order valence-electron chi connectivity index (χ1n) is 7.66. The van der Waals surface area contributed by atoms with Gasteiger partial charge in [-0.3, -0.25) is 0 Å². The van der Waals surface area contributed by atoms with Gasteiger partial charge in [0.1, 0.15) is 0 Å². The Balaban J connectivity index is 1.95. The third-order valence-corrected chi connectivity index (χ3v) is 4.11. The first kappa shape index (κ1) is 14.1. The molecular formula is C16H31. The second-order valence-electron chi connectivity index (χ2n) is 5.81. The summed E-state index contributed by atoms with van der Waals surface area (Å²) < 4.78 is 0. The van der Waals surface area contributed by atoms with Gasteiger partial charge in [0.2, 0.25) is 0 Å². The van der Waals surface area contributed by atoms with Crippen LogP contribution in [0.25, 0.3) is 0 Å². The Morgan fingerprint density at radius 3 is 2.38 bits per heavy atom. The fourth-order valence-electron chi connectivity index (χ4n) is 3.05. The summed E-state index contributed by atoms with van der Waals surface area (Å²) in [6.45, 7) is 6.63. The monoisotopic (exact) mass is 223 g/mol. The average Bonchev–Trinajstić information content (AvgIpc) is 2.30. The Hall–Kier alpha value is 0. The van der Waals surface area contributed by atoms with Crippen LogP contribution in [0.2, 0.25) is 0 Å². The molecule has 95 valence electrons. The molecule has 0 saturated heterocycles. The molecule has 1 fully saturated rings. The maximum absolute atomic E-state index is 4.35. The summed E-state index contributed by atoms with van der Waals surface area (Å²) in [5.41, 5.74) is 0. The van der Waals surface area contributed by atoms with Crippen LogP contribution in [-0.4, -0.2) is 0 Å².